The predicted molar refractivity (Wildman–Crippen MR) is 75.8 cm³/mol. The zero-order valence-electron chi connectivity index (χ0n) is 9.81. The highest BCUT2D eigenvalue weighted by atomic mass is 79.9. The minimum absolute atomic E-state index is 0.0891. The Hall–Kier alpha value is -1.40. The molecule has 0 aliphatic carbocycles. The summed E-state index contributed by atoms with van der Waals surface area (Å²) in [6.07, 6.45) is 0. The lowest BCUT2D eigenvalue weighted by Gasteiger charge is -2.08. The van der Waals surface area contributed by atoms with Crippen molar-refractivity contribution in [2.24, 2.45) is 0 Å². The lowest BCUT2D eigenvalue weighted by Crippen LogP contribution is -2.08. The number of nitrogen functional groups attached to an aromatic ring is 1. The van der Waals surface area contributed by atoms with Gasteiger partial charge in [-0.25, -0.2) is 12.8 Å². The van der Waals surface area contributed by atoms with Crippen molar-refractivity contribution in [2.45, 2.75) is 10.6 Å². The van der Waals surface area contributed by atoms with Gasteiger partial charge < -0.3 is 5.73 Å². The Balaban J connectivity index is 2.40. The first-order valence-electron chi connectivity index (χ1n) is 5.41. The van der Waals surface area contributed by atoms with E-state index >= 15 is 0 Å². The smallest absolute Gasteiger partial charge is 0.184 e. The molecule has 0 amide bonds. The van der Waals surface area contributed by atoms with E-state index in [9.17, 15) is 12.8 Å². The summed E-state index contributed by atoms with van der Waals surface area (Å²) in [5.74, 6) is -0.658. The minimum atomic E-state index is -3.56. The quantitative estimate of drug-likeness (QED) is 0.871. The highest BCUT2D eigenvalue weighted by molar-refractivity contribution is 9.10. The van der Waals surface area contributed by atoms with E-state index in [-0.39, 0.29) is 16.3 Å². The van der Waals surface area contributed by atoms with Gasteiger partial charge in [-0.3, -0.25) is 0 Å². The van der Waals surface area contributed by atoms with Crippen molar-refractivity contribution in [1.82, 2.24) is 0 Å². The van der Waals surface area contributed by atoms with Crippen LogP contribution in [0.4, 0.5) is 10.1 Å². The van der Waals surface area contributed by atoms with Gasteiger partial charge in [0.25, 0.3) is 0 Å². The maximum atomic E-state index is 13.0. The van der Waals surface area contributed by atoms with Crippen LogP contribution in [-0.4, -0.2) is 8.42 Å². The summed E-state index contributed by atoms with van der Waals surface area (Å²) >= 11 is 3.16. The van der Waals surface area contributed by atoms with Crippen LogP contribution in [0.3, 0.4) is 0 Å². The molecule has 19 heavy (non-hydrogen) atoms. The second kappa shape index (κ2) is 5.30. The standard InChI is InChI=1S/C13H11BrFNO2S/c14-11-7-10(15)6-5-9(11)8-19(17,18)13-4-2-1-3-12(13)16/h1-7H,8,16H2. The van der Waals surface area contributed by atoms with Crippen LogP contribution < -0.4 is 5.73 Å². The zero-order chi connectivity index (χ0) is 14.0. The number of para-hydroxylation sites is 1. The summed E-state index contributed by atoms with van der Waals surface area (Å²) in [6.45, 7) is 0. The van der Waals surface area contributed by atoms with Gasteiger partial charge >= 0.3 is 0 Å². The van der Waals surface area contributed by atoms with E-state index in [1.807, 2.05) is 0 Å². The molecular formula is C13H11BrFNO2S. The molecule has 0 spiro atoms. The van der Waals surface area contributed by atoms with E-state index in [4.69, 9.17) is 5.73 Å². The van der Waals surface area contributed by atoms with E-state index in [1.54, 1.807) is 12.1 Å². The van der Waals surface area contributed by atoms with Gasteiger partial charge in [-0.05, 0) is 29.8 Å². The summed E-state index contributed by atoms with van der Waals surface area (Å²) in [7, 11) is -3.56. The monoisotopic (exact) mass is 343 g/mol. The molecule has 2 aromatic rings. The second-order valence-electron chi connectivity index (χ2n) is 4.03. The molecule has 0 aliphatic heterocycles. The molecule has 0 saturated heterocycles. The largest absolute Gasteiger partial charge is 0.398 e. The Bertz CT molecular complexity index is 716. The molecule has 0 unspecified atom stereocenters. The van der Waals surface area contributed by atoms with Crippen LogP contribution in [0.5, 0.6) is 0 Å². The third kappa shape index (κ3) is 3.13. The summed E-state index contributed by atoms with van der Waals surface area (Å²) in [6, 6.07) is 10.2. The molecule has 6 heteroatoms. The Kier molecular flexibility index (Phi) is 3.91. The fraction of sp³-hybridized carbons (Fsp3) is 0.0769. The SMILES string of the molecule is Nc1ccccc1S(=O)(=O)Cc1ccc(F)cc1Br. The first-order chi connectivity index (χ1) is 8.90. The summed E-state index contributed by atoms with van der Waals surface area (Å²) in [5.41, 5.74) is 6.37. The van der Waals surface area contributed by atoms with Crippen LogP contribution in [-0.2, 0) is 15.6 Å². The van der Waals surface area contributed by atoms with E-state index in [2.05, 4.69) is 15.9 Å². The summed E-state index contributed by atoms with van der Waals surface area (Å²) in [5, 5.41) is 0. The number of benzene rings is 2. The molecule has 0 bridgehead atoms. The molecule has 0 aromatic heterocycles. The Labute approximate surface area is 119 Å². The van der Waals surface area contributed by atoms with Crippen molar-refractivity contribution >= 4 is 31.5 Å². The third-order valence-corrected chi connectivity index (χ3v) is 5.09. The van der Waals surface area contributed by atoms with E-state index in [1.165, 1.54) is 30.3 Å². The van der Waals surface area contributed by atoms with E-state index in [0.29, 0.717) is 10.0 Å². The Morgan fingerprint density at radius 2 is 1.84 bits per heavy atom. The lowest BCUT2D eigenvalue weighted by atomic mass is 10.2. The minimum Gasteiger partial charge on any atom is -0.398 e. The van der Waals surface area contributed by atoms with Crippen molar-refractivity contribution in [2.75, 3.05) is 5.73 Å². The van der Waals surface area contributed by atoms with Gasteiger partial charge in [0, 0.05) is 4.47 Å². The summed E-state index contributed by atoms with van der Waals surface area (Å²) in [4.78, 5) is 0.0891. The molecule has 0 aliphatic rings. The van der Waals surface area contributed by atoms with Gasteiger partial charge in [0.1, 0.15) is 5.82 Å². The van der Waals surface area contributed by atoms with Crippen molar-refractivity contribution in [1.29, 1.82) is 0 Å². The number of halogens is 2. The van der Waals surface area contributed by atoms with E-state index in [0.717, 1.165) is 0 Å². The topological polar surface area (TPSA) is 60.2 Å². The van der Waals surface area contributed by atoms with Crippen molar-refractivity contribution in [3.63, 3.8) is 0 Å². The van der Waals surface area contributed by atoms with Crippen LogP contribution in [0.15, 0.2) is 51.8 Å². The number of anilines is 1. The fourth-order valence-corrected chi connectivity index (χ4v) is 3.89. The Morgan fingerprint density at radius 3 is 2.47 bits per heavy atom. The molecule has 0 atom stereocenters. The van der Waals surface area contributed by atoms with Crippen LogP contribution >= 0.6 is 15.9 Å². The average Bonchev–Trinajstić information content (AvgIpc) is 2.33. The fourth-order valence-electron chi connectivity index (χ4n) is 1.68. The average molecular weight is 344 g/mol. The predicted octanol–water partition coefficient (Wildman–Crippen LogP) is 3.14. The highest BCUT2D eigenvalue weighted by Crippen LogP contribution is 2.26. The number of hydrogen-bond donors (Lipinski definition) is 1. The van der Waals surface area contributed by atoms with Gasteiger partial charge in [-0.15, -0.1) is 0 Å². The van der Waals surface area contributed by atoms with Crippen LogP contribution in [0.2, 0.25) is 0 Å². The molecular weight excluding hydrogens is 333 g/mol. The molecule has 0 fully saturated rings. The van der Waals surface area contributed by atoms with Crippen LogP contribution in [0, 0.1) is 5.82 Å². The molecule has 100 valence electrons. The van der Waals surface area contributed by atoms with Gasteiger partial charge in [0.15, 0.2) is 9.84 Å². The Morgan fingerprint density at radius 1 is 1.16 bits per heavy atom. The zero-order valence-corrected chi connectivity index (χ0v) is 12.2. The molecule has 0 saturated carbocycles. The van der Waals surface area contributed by atoms with E-state index < -0.39 is 15.7 Å². The maximum absolute atomic E-state index is 13.0. The first kappa shape index (κ1) is 14.0. The number of rotatable bonds is 3. The highest BCUT2D eigenvalue weighted by Gasteiger charge is 2.19. The molecule has 3 nitrogen and oxygen atoms in total. The van der Waals surface area contributed by atoms with Crippen molar-refractivity contribution < 1.29 is 12.8 Å². The van der Waals surface area contributed by atoms with Crippen molar-refractivity contribution in [3.8, 4) is 0 Å². The molecule has 2 rings (SSSR count). The number of nitrogens with two attached hydrogens (primary N) is 1. The van der Waals surface area contributed by atoms with Gasteiger partial charge in [0.2, 0.25) is 0 Å². The molecule has 0 radical (unpaired) electrons. The molecule has 0 heterocycles. The third-order valence-electron chi connectivity index (χ3n) is 2.61. The van der Waals surface area contributed by atoms with Gasteiger partial charge in [-0.2, -0.15) is 0 Å². The number of sulfone groups is 1. The van der Waals surface area contributed by atoms with Crippen LogP contribution in [0.1, 0.15) is 5.56 Å². The maximum Gasteiger partial charge on any atom is 0.184 e. The molecule has 2 N–H and O–H groups in total. The second-order valence-corrected chi connectivity index (χ2v) is 6.84. The number of hydrogen-bond acceptors (Lipinski definition) is 3. The van der Waals surface area contributed by atoms with Gasteiger partial charge in [-0.1, -0.05) is 34.1 Å². The first-order valence-corrected chi connectivity index (χ1v) is 7.86. The van der Waals surface area contributed by atoms with Gasteiger partial charge in [0.05, 0.1) is 16.3 Å². The summed E-state index contributed by atoms with van der Waals surface area (Å²) < 4.78 is 37.9. The van der Waals surface area contributed by atoms with Crippen molar-refractivity contribution in [3.05, 3.63) is 58.3 Å². The lowest BCUT2D eigenvalue weighted by molar-refractivity contribution is 0.595. The normalized spacial score (nSPS) is 11.5. The van der Waals surface area contributed by atoms with Crippen LogP contribution in [0.25, 0.3) is 0 Å². The molecule has 2 aromatic carbocycles.